The molecule has 1 aliphatic rings. The Morgan fingerprint density at radius 3 is 3.00 bits per heavy atom. The van der Waals surface area contributed by atoms with Crippen LogP contribution in [0.25, 0.3) is 0 Å². The number of β-amino-alcohol motifs (C(OH)–C–C–N with tert-alkyl or cyclic N) is 1. The smallest absolute Gasteiger partial charge is 0.0900 e. The molecule has 22 heavy (non-hydrogen) atoms. The molecule has 0 radical (unpaired) electrons. The van der Waals surface area contributed by atoms with Crippen molar-refractivity contribution in [1.29, 1.82) is 0 Å². The Kier molecular flexibility index (Phi) is 5.56. The first-order valence-electron chi connectivity index (χ1n) is 7.75. The van der Waals surface area contributed by atoms with Crippen molar-refractivity contribution in [1.82, 2.24) is 9.88 Å². The Hall–Kier alpha value is -1.27. The van der Waals surface area contributed by atoms with Crippen molar-refractivity contribution >= 4 is 11.3 Å². The number of rotatable bonds is 7. The van der Waals surface area contributed by atoms with Crippen molar-refractivity contribution in [2.45, 2.75) is 31.6 Å². The molecule has 0 amide bonds. The number of thiophene rings is 1. The number of aliphatic hydroxyl groups is 1. The van der Waals surface area contributed by atoms with Crippen LogP contribution in [0.3, 0.4) is 0 Å². The summed E-state index contributed by atoms with van der Waals surface area (Å²) in [6.07, 6.45) is 5.56. The first-order valence-corrected chi connectivity index (χ1v) is 8.63. The summed E-state index contributed by atoms with van der Waals surface area (Å²) in [5.74, 6) is 0. The van der Waals surface area contributed by atoms with Crippen LogP contribution in [-0.4, -0.2) is 40.8 Å². The van der Waals surface area contributed by atoms with Gasteiger partial charge in [0.2, 0.25) is 0 Å². The second-order valence-corrected chi connectivity index (χ2v) is 6.71. The molecule has 2 aromatic rings. The second-order valence-electron chi connectivity index (χ2n) is 5.68. The molecule has 0 aromatic carbocycles. The van der Waals surface area contributed by atoms with Gasteiger partial charge < -0.3 is 9.84 Å². The molecular formula is C17H22N2O2S. The summed E-state index contributed by atoms with van der Waals surface area (Å²) in [6.45, 7) is 2.67. The Morgan fingerprint density at radius 1 is 1.36 bits per heavy atom. The van der Waals surface area contributed by atoms with Crippen LogP contribution in [0, 0.1) is 0 Å². The minimum Gasteiger partial charge on any atom is -0.389 e. The molecule has 3 rings (SSSR count). The number of aromatic nitrogens is 1. The molecule has 1 aliphatic heterocycles. The predicted molar refractivity (Wildman–Crippen MR) is 87.8 cm³/mol. The number of aliphatic hydroxyl groups excluding tert-OH is 1. The Labute approximate surface area is 135 Å². The number of ether oxygens (including phenoxy) is 1. The number of hydrogen-bond donors (Lipinski definition) is 1. The molecule has 5 heteroatoms. The summed E-state index contributed by atoms with van der Waals surface area (Å²) in [5, 5.41) is 12.3. The van der Waals surface area contributed by atoms with Gasteiger partial charge in [-0.1, -0.05) is 6.07 Å². The van der Waals surface area contributed by atoms with Gasteiger partial charge in [0.15, 0.2) is 0 Å². The van der Waals surface area contributed by atoms with Crippen LogP contribution in [0.4, 0.5) is 0 Å². The molecule has 0 bridgehead atoms. The molecule has 1 N–H and O–H groups in total. The monoisotopic (exact) mass is 318 g/mol. The van der Waals surface area contributed by atoms with Crippen molar-refractivity contribution in [3.05, 3.63) is 52.5 Å². The van der Waals surface area contributed by atoms with E-state index >= 15 is 0 Å². The van der Waals surface area contributed by atoms with E-state index in [-0.39, 0.29) is 0 Å². The van der Waals surface area contributed by atoms with Crippen molar-refractivity contribution < 1.29 is 9.84 Å². The summed E-state index contributed by atoms with van der Waals surface area (Å²) in [4.78, 5) is 7.63. The maximum absolute atomic E-state index is 10.2. The van der Waals surface area contributed by atoms with Crippen LogP contribution in [0.2, 0.25) is 0 Å². The van der Waals surface area contributed by atoms with E-state index in [1.54, 1.807) is 11.3 Å². The van der Waals surface area contributed by atoms with Gasteiger partial charge in [-0.3, -0.25) is 9.88 Å². The van der Waals surface area contributed by atoms with E-state index in [4.69, 9.17) is 4.74 Å². The molecule has 2 aromatic heterocycles. The molecule has 4 nitrogen and oxygen atoms in total. The lowest BCUT2D eigenvalue weighted by molar-refractivity contribution is 0.00847. The first-order chi connectivity index (χ1) is 10.8. The van der Waals surface area contributed by atoms with Gasteiger partial charge in [-0.25, -0.2) is 0 Å². The molecule has 2 atom stereocenters. The van der Waals surface area contributed by atoms with Gasteiger partial charge >= 0.3 is 0 Å². The molecule has 1 saturated heterocycles. The molecule has 0 saturated carbocycles. The topological polar surface area (TPSA) is 45.6 Å². The van der Waals surface area contributed by atoms with Gasteiger partial charge in [0.25, 0.3) is 0 Å². The minimum absolute atomic E-state index is 0.386. The van der Waals surface area contributed by atoms with Crippen molar-refractivity contribution in [2.75, 3.05) is 19.7 Å². The van der Waals surface area contributed by atoms with E-state index < -0.39 is 6.10 Å². The van der Waals surface area contributed by atoms with E-state index in [1.807, 2.05) is 23.8 Å². The summed E-state index contributed by atoms with van der Waals surface area (Å²) in [7, 11) is 0. The standard InChI is InChI=1S/C17H22N2O2S/c20-15(12-21-13-16-3-2-10-22-16)11-19-9-1-4-17(19)14-5-7-18-8-6-14/h2-3,5-8,10,15,17,20H,1,4,9,11-13H2. The van der Waals surface area contributed by atoms with Crippen LogP contribution in [0.15, 0.2) is 42.0 Å². The SMILES string of the molecule is OC(COCc1cccs1)CN1CCCC1c1ccncc1. The van der Waals surface area contributed by atoms with Gasteiger partial charge in [0.05, 0.1) is 19.3 Å². The molecule has 0 spiro atoms. The first kappa shape index (κ1) is 15.6. The Balaban J connectivity index is 1.47. The highest BCUT2D eigenvalue weighted by atomic mass is 32.1. The van der Waals surface area contributed by atoms with Gasteiger partial charge in [-0.05, 0) is 48.5 Å². The van der Waals surface area contributed by atoms with Crippen LogP contribution in [-0.2, 0) is 11.3 Å². The van der Waals surface area contributed by atoms with E-state index in [2.05, 4.69) is 28.1 Å². The highest BCUT2D eigenvalue weighted by Gasteiger charge is 2.27. The van der Waals surface area contributed by atoms with Crippen LogP contribution >= 0.6 is 11.3 Å². The van der Waals surface area contributed by atoms with E-state index in [1.165, 1.54) is 16.9 Å². The summed E-state index contributed by atoms with van der Waals surface area (Å²) >= 11 is 1.68. The normalized spacial score (nSPS) is 20.3. The zero-order chi connectivity index (χ0) is 15.2. The van der Waals surface area contributed by atoms with Crippen molar-refractivity contribution in [3.8, 4) is 0 Å². The fraction of sp³-hybridized carbons (Fsp3) is 0.471. The Bertz CT molecular complexity index is 547. The maximum atomic E-state index is 10.2. The number of nitrogens with zero attached hydrogens (tertiary/aromatic N) is 2. The molecule has 1 fully saturated rings. The average Bonchev–Trinajstić information content (AvgIpc) is 3.20. The van der Waals surface area contributed by atoms with Gasteiger partial charge in [-0.15, -0.1) is 11.3 Å². The van der Waals surface area contributed by atoms with Gasteiger partial charge in [0.1, 0.15) is 0 Å². The van der Waals surface area contributed by atoms with Crippen LogP contribution in [0.5, 0.6) is 0 Å². The largest absolute Gasteiger partial charge is 0.389 e. The molecule has 2 unspecified atom stereocenters. The third kappa shape index (κ3) is 4.14. The minimum atomic E-state index is -0.442. The third-order valence-corrected chi connectivity index (χ3v) is 4.88. The quantitative estimate of drug-likeness (QED) is 0.853. The van der Waals surface area contributed by atoms with E-state index in [0.717, 1.165) is 13.0 Å². The summed E-state index contributed by atoms with van der Waals surface area (Å²) in [6, 6.07) is 8.61. The number of likely N-dealkylation sites (tertiary alicyclic amines) is 1. The predicted octanol–water partition coefficient (Wildman–Crippen LogP) is 2.86. The lowest BCUT2D eigenvalue weighted by atomic mass is 10.1. The second kappa shape index (κ2) is 7.83. The lowest BCUT2D eigenvalue weighted by Gasteiger charge is -2.27. The lowest BCUT2D eigenvalue weighted by Crippen LogP contribution is -2.34. The average molecular weight is 318 g/mol. The maximum Gasteiger partial charge on any atom is 0.0900 e. The van der Waals surface area contributed by atoms with Gasteiger partial charge in [0, 0.05) is 29.9 Å². The van der Waals surface area contributed by atoms with Crippen LogP contribution < -0.4 is 0 Å². The zero-order valence-corrected chi connectivity index (χ0v) is 13.4. The molecular weight excluding hydrogens is 296 g/mol. The number of pyridine rings is 1. The Morgan fingerprint density at radius 2 is 2.23 bits per heavy atom. The molecule has 3 heterocycles. The fourth-order valence-corrected chi connectivity index (χ4v) is 3.66. The number of hydrogen-bond acceptors (Lipinski definition) is 5. The zero-order valence-electron chi connectivity index (χ0n) is 12.6. The highest BCUT2D eigenvalue weighted by molar-refractivity contribution is 7.09. The molecule has 118 valence electrons. The van der Waals surface area contributed by atoms with Gasteiger partial charge in [-0.2, -0.15) is 0 Å². The molecule has 0 aliphatic carbocycles. The van der Waals surface area contributed by atoms with Crippen molar-refractivity contribution in [2.24, 2.45) is 0 Å². The third-order valence-electron chi connectivity index (χ3n) is 4.03. The highest BCUT2D eigenvalue weighted by Crippen LogP contribution is 2.31. The summed E-state index contributed by atoms with van der Waals surface area (Å²) < 4.78 is 5.61. The van der Waals surface area contributed by atoms with E-state index in [9.17, 15) is 5.11 Å². The van der Waals surface area contributed by atoms with Crippen molar-refractivity contribution in [3.63, 3.8) is 0 Å². The fourth-order valence-electron chi connectivity index (χ4n) is 3.02. The summed E-state index contributed by atoms with van der Waals surface area (Å²) in [5.41, 5.74) is 1.29. The van der Waals surface area contributed by atoms with E-state index in [0.29, 0.717) is 25.8 Å². The van der Waals surface area contributed by atoms with Crippen LogP contribution in [0.1, 0.15) is 29.3 Å².